The Kier molecular flexibility index (Phi) is 7.65. The second-order valence-electron chi connectivity index (χ2n) is 7.01. The molecule has 10 heteroatoms. The quantitative estimate of drug-likeness (QED) is 0.206. The second kappa shape index (κ2) is 10.8. The lowest BCUT2D eigenvalue weighted by molar-refractivity contribution is -0.384. The molecule has 1 unspecified atom stereocenters. The molecule has 34 heavy (non-hydrogen) atoms. The number of hydrogen-bond acceptors (Lipinski definition) is 9. The number of carbonyl (C=O) groups is 3. The zero-order valence-corrected chi connectivity index (χ0v) is 18.4. The van der Waals surface area contributed by atoms with E-state index in [0.29, 0.717) is 11.1 Å². The average molecular weight is 463 g/mol. The van der Waals surface area contributed by atoms with Gasteiger partial charge in [0.25, 0.3) is 5.69 Å². The smallest absolute Gasteiger partial charge is 0.337 e. The molecule has 0 amide bonds. The summed E-state index contributed by atoms with van der Waals surface area (Å²) in [4.78, 5) is 52.7. The first-order chi connectivity index (χ1) is 16.4. The minimum absolute atomic E-state index is 0.000449. The number of carbonyl (C=O) groups excluding carboxylic acids is 3. The molecule has 0 aliphatic carbocycles. The van der Waals surface area contributed by atoms with Gasteiger partial charge in [-0.2, -0.15) is 0 Å². The highest BCUT2D eigenvalue weighted by Crippen LogP contribution is 2.38. The molecule has 0 saturated heterocycles. The highest BCUT2D eigenvalue weighted by atomic mass is 16.6. The van der Waals surface area contributed by atoms with E-state index < -0.39 is 22.8 Å². The van der Waals surface area contributed by atoms with Crippen molar-refractivity contribution in [2.75, 3.05) is 13.7 Å². The molecule has 0 saturated carbocycles. The Bertz CT molecular complexity index is 1220. The molecule has 1 aliphatic heterocycles. The summed E-state index contributed by atoms with van der Waals surface area (Å²) in [6.07, 6.45) is 6.92. The number of benzene rings is 1. The molecule has 1 aromatic carbocycles. The summed E-state index contributed by atoms with van der Waals surface area (Å²) in [5.41, 5.74) is 0.670. The number of dihydropyridines is 1. The van der Waals surface area contributed by atoms with Crippen LogP contribution in [0.3, 0.4) is 0 Å². The minimum Gasteiger partial charge on any atom is -0.466 e. The summed E-state index contributed by atoms with van der Waals surface area (Å²) in [5.74, 6) is -2.89. The van der Waals surface area contributed by atoms with E-state index in [1.807, 2.05) is 0 Å². The Labute approximate surface area is 194 Å². The number of hydrogen-bond donors (Lipinski definition) is 1. The average Bonchev–Trinajstić information content (AvgIpc) is 2.86. The van der Waals surface area contributed by atoms with Gasteiger partial charge in [-0.15, -0.1) is 0 Å². The number of nitro benzene ring substituents is 1. The van der Waals surface area contributed by atoms with Crippen molar-refractivity contribution in [3.05, 3.63) is 105 Å². The third kappa shape index (κ3) is 5.23. The molecule has 0 bridgehead atoms. The van der Waals surface area contributed by atoms with E-state index in [0.717, 1.165) is 0 Å². The van der Waals surface area contributed by atoms with E-state index in [1.165, 1.54) is 56.1 Å². The van der Waals surface area contributed by atoms with Gasteiger partial charge in [-0.25, -0.2) is 9.59 Å². The van der Waals surface area contributed by atoms with Crippen LogP contribution in [-0.2, 0) is 19.1 Å². The number of non-ortho nitro benzene ring substituents is 1. The van der Waals surface area contributed by atoms with Crippen LogP contribution in [0.2, 0.25) is 0 Å². The van der Waals surface area contributed by atoms with Crippen molar-refractivity contribution in [2.45, 2.75) is 12.8 Å². The molecule has 2 aromatic rings. The molecule has 1 aliphatic rings. The number of pyridine rings is 1. The first kappa shape index (κ1) is 24.1. The predicted octanol–water partition coefficient (Wildman–Crippen LogP) is 2.99. The largest absolute Gasteiger partial charge is 0.466 e. The van der Waals surface area contributed by atoms with Crippen LogP contribution < -0.4 is 5.32 Å². The number of methoxy groups -OCH3 is 1. The van der Waals surface area contributed by atoms with Gasteiger partial charge in [0.15, 0.2) is 5.78 Å². The Morgan fingerprint density at radius 1 is 1.21 bits per heavy atom. The zero-order chi connectivity index (χ0) is 24.7. The van der Waals surface area contributed by atoms with E-state index in [2.05, 4.69) is 10.3 Å². The normalized spacial score (nSPS) is 15.4. The predicted molar refractivity (Wildman–Crippen MR) is 120 cm³/mol. The molecule has 3 rings (SSSR count). The molecule has 10 nitrogen and oxygen atoms in total. The second-order valence-corrected chi connectivity index (χ2v) is 7.01. The molecule has 174 valence electrons. The van der Waals surface area contributed by atoms with Crippen molar-refractivity contribution in [1.29, 1.82) is 0 Å². The summed E-state index contributed by atoms with van der Waals surface area (Å²) < 4.78 is 10.1. The zero-order valence-electron chi connectivity index (χ0n) is 18.4. The first-order valence-corrected chi connectivity index (χ1v) is 10.2. The summed E-state index contributed by atoms with van der Waals surface area (Å²) in [5, 5.41) is 14.2. The number of nitro groups is 1. The maximum atomic E-state index is 13.0. The van der Waals surface area contributed by atoms with E-state index in [9.17, 15) is 24.5 Å². The fourth-order valence-electron chi connectivity index (χ4n) is 3.42. The van der Waals surface area contributed by atoms with Gasteiger partial charge in [0.1, 0.15) is 0 Å². The van der Waals surface area contributed by atoms with Crippen LogP contribution in [0, 0.1) is 10.1 Å². The monoisotopic (exact) mass is 463 g/mol. The van der Waals surface area contributed by atoms with Gasteiger partial charge in [0, 0.05) is 42.0 Å². The Hall–Kier alpha value is -4.60. The van der Waals surface area contributed by atoms with Gasteiger partial charge in [-0.05, 0) is 36.8 Å². The summed E-state index contributed by atoms with van der Waals surface area (Å²) in [6.45, 7) is 1.67. The SMILES string of the molecule is CCOC(=O)C1=C(C=CC(=O)c2cccnc2)NC=C(C(=O)OC)C1c1cccc([N+](=O)[O-])c1. The number of ether oxygens (including phenoxy) is 2. The van der Waals surface area contributed by atoms with Crippen molar-refractivity contribution in [1.82, 2.24) is 10.3 Å². The molecular formula is C24H21N3O7. The Morgan fingerprint density at radius 3 is 2.65 bits per heavy atom. The van der Waals surface area contributed by atoms with Crippen LogP contribution in [0.5, 0.6) is 0 Å². The van der Waals surface area contributed by atoms with Gasteiger partial charge < -0.3 is 14.8 Å². The molecular weight excluding hydrogens is 442 g/mol. The highest BCUT2D eigenvalue weighted by molar-refractivity contribution is 6.05. The highest BCUT2D eigenvalue weighted by Gasteiger charge is 2.36. The molecule has 0 spiro atoms. The molecule has 1 N–H and O–H groups in total. The van der Waals surface area contributed by atoms with E-state index in [1.54, 1.807) is 25.1 Å². The molecule has 1 aromatic heterocycles. The third-order valence-electron chi connectivity index (χ3n) is 4.95. The standard InChI is InChI=1S/C24H21N3O7/c1-3-34-24(30)22-19(9-10-20(28)16-7-5-11-25-13-16)26-14-18(23(29)33-2)21(22)15-6-4-8-17(12-15)27(31)32/h4-14,21,26H,3H2,1-2H3. The van der Waals surface area contributed by atoms with Crippen molar-refractivity contribution >= 4 is 23.4 Å². The van der Waals surface area contributed by atoms with E-state index in [4.69, 9.17) is 9.47 Å². The van der Waals surface area contributed by atoms with Gasteiger partial charge in [0.2, 0.25) is 0 Å². The van der Waals surface area contributed by atoms with Gasteiger partial charge in [-0.1, -0.05) is 12.1 Å². The maximum Gasteiger partial charge on any atom is 0.337 e. The first-order valence-electron chi connectivity index (χ1n) is 10.2. The van der Waals surface area contributed by atoms with E-state index >= 15 is 0 Å². The third-order valence-corrected chi connectivity index (χ3v) is 4.95. The number of esters is 2. The van der Waals surface area contributed by atoms with Crippen LogP contribution >= 0.6 is 0 Å². The van der Waals surface area contributed by atoms with Crippen molar-refractivity contribution in [3.8, 4) is 0 Å². The Morgan fingerprint density at radius 2 is 2.00 bits per heavy atom. The summed E-state index contributed by atoms with van der Waals surface area (Å²) in [7, 11) is 1.18. The van der Waals surface area contributed by atoms with Crippen LogP contribution in [0.1, 0.15) is 28.8 Å². The van der Waals surface area contributed by atoms with Gasteiger partial charge in [-0.3, -0.25) is 19.9 Å². The molecule has 2 heterocycles. The Balaban J connectivity index is 2.15. The lowest BCUT2D eigenvalue weighted by Crippen LogP contribution is -2.30. The summed E-state index contributed by atoms with van der Waals surface area (Å²) >= 11 is 0. The van der Waals surface area contributed by atoms with Crippen molar-refractivity contribution in [2.24, 2.45) is 0 Å². The van der Waals surface area contributed by atoms with Crippen molar-refractivity contribution < 1.29 is 28.8 Å². The fraction of sp³-hybridized carbons (Fsp3) is 0.167. The molecule has 0 fully saturated rings. The molecule has 0 radical (unpaired) electrons. The number of allylic oxidation sites excluding steroid dienone is 2. The van der Waals surface area contributed by atoms with E-state index in [-0.39, 0.29) is 34.9 Å². The molecule has 1 atom stereocenters. The minimum atomic E-state index is -1.04. The fourth-order valence-corrected chi connectivity index (χ4v) is 3.42. The van der Waals surface area contributed by atoms with Crippen LogP contribution in [0.15, 0.2) is 84.0 Å². The maximum absolute atomic E-state index is 13.0. The van der Waals surface area contributed by atoms with Gasteiger partial charge >= 0.3 is 11.9 Å². The van der Waals surface area contributed by atoms with Crippen LogP contribution in [-0.4, -0.2) is 41.3 Å². The number of nitrogens with one attached hydrogen (secondary N) is 1. The topological polar surface area (TPSA) is 138 Å². The summed E-state index contributed by atoms with van der Waals surface area (Å²) in [6, 6.07) is 8.79. The lowest BCUT2D eigenvalue weighted by atomic mass is 9.81. The van der Waals surface area contributed by atoms with Crippen molar-refractivity contribution in [3.63, 3.8) is 0 Å². The number of nitrogens with zero attached hydrogens (tertiary/aromatic N) is 2. The lowest BCUT2D eigenvalue weighted by Gasteiger charge is -2.27. The number of ketones is 1. The van der Waals surface area contributed by atoms with Crippen LogP contribution in [0.4, 0.5) is 5.69 Å². The number of aromatic nitrogens is 1. The van der Waals surface area contributed by atoms with Gasteiger partial charge in [0.05, 0.1) is 35.7 Å². The number of rotatable bonds is 8. The van der Waals surface area contributed by atoms with Crippen LogP contribution in [0.25, 0.3) is 0 Å².